The molecule has 170 valence electrons. The van der Waals surface area contributed by atoms with Crippen molar-refractivity contribution in [2.45, 2.75) is 11.3 Å². The van der Waals surface area contributed by atoms with Crippen molar-refractivity contribution in [3.05, 3.63) is 53.6 Å². The fourth-order valence-electron chi connectivity index (χ4n) is 2.75. The van der Waals surface area contributed by atoms with Crippen LogP contribution in [-0.4, -0.2) is 47.1 Å². The van der Waals surface area contributed by atoms with Gasteiger partial charge in [0.25, 0.3) is 5.91 Å². The molecule has 0 bridgehead atoms. The van der Waals surface area contributed by atoms with Gasteiger partial charge in [0.15, 0.2) is 15.8 Å². The second-order valence-corrected chi connectivity index (χ2v) is 8.73. The van der Waals surface area contributed by atoms with E-state index in [2.05, 4.69) is 20.8 Å². The Balaban J connectivity index is 1.26. The Morgan fingerprint density at radius 3 is 2.58 bits per heavy atom. The number of ether oxygens (including phenoxy) is 3. The molecule has 2 amide bonds. The minimum atomic E-state index is -0.413. The zero-order valence-corrected chi connectivity index (χ0v) is 19.0. The third-order valence-electron chi connectivity index (χ3n) is 4.27. The van der Waals surface area contributed by atoms with Gasteiger partial charge in [0.2, 0.25) is 17.8 Å². The average molecular weight is 487 g/mol. The minimum absolute atomic E-state index is 0.102. The topological polar surface area (TPSA) is 129 Å². The summed E-state index contributed by atoms with van der Waals surface area (Å²) in [6.45, 7) is 2.16. The van der Waals surface area contributed by atoms with Gasteiger partial charge in [-0.15, -0.1) is 10.2 Å². The zero-order valence-electron chi connectivity index (χ0n) is 17.3. The lowest BCUT2D eigenvalue weighted by molar-refractivity contribution is -0.113. The number of hydrogen-bond acceptors (Lipinski definition) is 10. The first-order valence-electron chi connectivity index (χ1n) is 9.76. The van der Waals surface area contributed by atoms with Gasteiger partial charge in [-0.2, -0.15) is 0 Å². The summed E-state index contributed by atoms with van der Waals surface area (Å²) >= 11 is 2.35. The molecule has 33 heavy (non-hydrogen) atoms. The van der Waals surface area contributed by atoms with E-state index in [0.29, 0.717) is 44.4 Å². The van der Waals surface area contributed by atoms with Crippen molar-refractivity contribution in [1.82, 2.24) is 10.2 Å². The van der Waals surface area contributed by atoms with E-state index in [4.69, 9.17) is 14.2 Å². The number of hydrogen-bond donors (Lipinski definition) is 2. The maximum absolute atomic E-state index is 12.4. The Morgan fingerprint density at radius 1 is 1.03 bits per heavy atom. The molecule has 10 nitrogen and oxygen atoms in total. The van der Waals surface area contributed by atoms with E-state index in [1.165, 1.54) is 11.8 Å². The van der Waals surface area contributed by atoms with Crippen LogP contribution in [0.15, 0.2) is 46.8 Å². The molecule has 1 aliphatic heterocycles. The van der Waals surface area contributed by atoms with Crippen molar-refractivity contribution in [2.75, 3.05) is 29.8 Å². The van der Waals surface area contributed by atoms with E-state index in [1.54, 1.807) is 49.4 Å². The van der Waals surface area contributed by atoms with Crippen LogP contribution in [0.2, 0.25) is 0 Å². The molecule has 3 aromatic rings. The van der Waals surface area contributed by atoms with Crippen molar-refractivity contribution in [3.63, 3.8) is 0 Å². The first-order valence-corrected chi connectivity index (χ1v) is 11.6. The highest BCUT2D eigenvalue weighted by atomic mass is 32.2. The summed E-state index contributed by atoms with van der Waals surface area (Å²) in [6.07, 6.45) is 0. The molecule has 0 spiro atoms. The fraction of sp³-hybridized carbons (Fsp3) is 0.190. The van der Waals surface area contributed by atoms with Gasteiger partial charge in [0.05, 0.1) is 17.9 Å². The van der Waals surface area contributed by atoms with Crippen LogP contribution >= 0.6 is 23.1 Å². The molecule has 0 atom stereocenters. The smallest absolute Gasteiger partial charge is 0.338 e. The van der Waals surface area contributed by atoms with Crippen LogP contribution in [0, 0.1) is 0 Å². The van der Waals surface area contributed by atoms with Crippen LogP contribution in [0.3, 0.4) is 0 Å². The number of anilines is 2. The Bertz CT molecular complexity index is 1180. The molecular weight excluding hydrogens is 468 g/mol. The SMILES string of the molecule is CCOC(=O)c1ccc(NC(=O)CSc2nnc(NC(=O)c3ccc4c(c3)OCO4)s2)cc1. The molecule has 2 N–H and O–H groups in total. The number of fused-ring (bicyclic) bond motifs is 1. The Labute approximate surface area is 196 Å². The normalized spacial score (nSPS) is 11.7. The standard InChI is InChI=1S/C21H18N4O6S2/c1-2-29-19(28)12-3-6-14(7-4-12)22-17(26)10-32-21-25-24-20(33-21)23-18(27)13-5-8-15-16(9-13)31-11-30-15/h3-9H,2,10-11H2,1H3,(H,22,26)(H,23,24,27). The number of aromatic nitrogens is 2. The monoisotopic (exact) mass is 486 g/mol. The Morgan fingerprint density at radius 2 is 1.79 bits per heavy atom. The van der Waals surface area contributed by atoms with Gasteiger partial charge in [-0.3, -0.25) is 14.9 Å². The average Bonchev–Trinajstić information content (AvgIpc) is 3.47. The summed E-state index contributed by atoms with van der Waals surface area (Å²) < 4.78 is 16.0. The molecule has 1 aliphatic rings. The van der Waals surface area contributed by atoms with Gasteiger partial charge in [-0.05, 0) is 49.4 Å². The van der Waals surface area contributed by atoms with Crippen LogP contribution in [0.25, 0.3) is 0 Å². The van der Waals surface area contributed by atoms with Crippen LogP contribution in [0.1, 0.15) is 27.6 Å². The number of rotatable bonds is 8. The third kappa shape index (κ3) is 5.79. The maximum atomic E-state index is 12.4. The molecule has 0 radical (unpaired) electrons. The van der Waals surface area contributed by atoms with E-state index < -0.39 is 5.97 Å². The number of nitrogens with zero attached hydrogens (tertiary/aromatic N) is 2. The van der Waals surface area contributed by atoms with E-state index in [9.17, 15) is 14.4 Å². The van der Waals surface area contributed by atoms with Gasteiger partial charge in [0.1, 0.15) is 0 Å². The molecule has 12 heteroatoms. The molecule has 0 fully saturated rings. The maximum Gasteiger partial charge on any atom is 0.338 e. The predicted octanol–water partition coefficient (Wildman–Crippen LogP) is 3.43. The number of esters is 1. The second-order valence-electron chi connectivity index (χ2n) is 6.53. The lowest BCUT2D eigenvalue weighted by atomic mass is 10.2. The summed E-state index contributed by atoms with van der Waals surface area (Å²) in [6, 6.07) is 11.3. The number of benzene rings is 2. The number of carbonyl (C=O) groups is 3. The van der Waals surface area contributed by atoms with Crippen molar-refractivity contribution >= 4 is 51.7 Å². The molecule has 0 aliphatic carbocycles. The van der Waals surface area contributed by atoms with Crippen molar-refractivity contribution in [1.29, 1.82) is 0 Å². The van der Waals surface area contributed by atoms with E-state index >= 15 is 0 Å². The Hall–Kier alpha value is -3.64. The van der Waals surface area contributed by atoms with E-state index in [0.717, 1.165) is 11.3 Å². The van der Waals surface area contributed by atoms with Gasteiger partial charge < -0.3 is 19.5 Å². The van der Waals surface area contributed by atoms with Crippen LogP contribution in [-0.2, 0) is 9.53 Å². The molecule has 0 saturated heterocycles. The lowest BCUT2D eigenvalue weighted by Gasteiger charge is -2.06. The predicted molar refractivity (Wildman–Crippen MR) is 122 cm³/mol. The molecule has 0 saturated carbocycles. The van der Waals surface area contributed by atoms with Gasteiger partial charge in [-0.25, -0.2) is 4.79 Å². The number of amides is 2. The molecule has 0 unspecified atom stereocenters. The zero-order chi connectivity index (χ0) is 23.2. The lowest BCUT2D eigenvalue weighted by Crippen LogP contribution is -2.14. The Kier molecular flexibility index (Phi) is 7.05. The molecule has 1 aromatic heterocycles. The molecule has 2 aromatic carbocycles. The fourth-order valence-corrected chi connectivity index (χ4v) is 4.30. The second kappa shape index (κ2) is 10.3. The highest BCUT2D eigenvalue weighted by molar-refractivity contribution is 8.01. The number of carbonyl (C=O) groups excluding carboxylic acids is 3. The van der Waals surface area contributed by atoms with Gasteiger partial charge in [-0.1, -0.05) is 23.1 Å². The van der Waals surface area contributed by atoms with E-state index in [1.807, 2.05) is 0 Å². The summed E-state index contributed by atoms with van der Waals surface area (Å²) in [5.41, 5.74) is 1.37. The van der Waals surface area contributed by atoms with Crippen LogP contribution < -0.4 is 20.1 Å². The molecular formula is C21H18N4O6S2. The summed E-state index contributed by atoms with van der Waals surface area (Å²) in [7, 11) is 0. The van der Waals surface area contributed by atoms with Crippen LogP contribution in [0.4, 0.5) is 10.8 Å². The molecule has 2 heterocycles. The number of thioether (sulfide) groups is 1. The number of nitrogens with one attached hydrogen (secondary N) is 2. The summed E-state index contributed by atoms with van der Waals surface area (Å²) in [4.78, 5) is 36.3. The van der Waals surface area contributed by atoms with Crippen molar-refractivity contribution < 1.29 is 28.6 Å². The van der Waals surface area contributed by atoms with Crippen LogP contribution in [0.5, 0.6) is 11.5 Å². The first-order chi connectivity index (χ1) is 16.0. The first kappa shape index (κ1) is 22.6. The minimum Gasteiger partial charge on any atom is -0.462 e. The molecule has 4 rings (SSSR count). The van der Waals surface area contributed by atoms with Crippen molar-refractivity contribution in [2.24, 2.45) is 0 Å². The highest BCUT2D eigenvalue weighted by Crippen LogP contribution is 2.33. The van der Waals surface area contributed by atoms with Crippen molar-refractivity contribution in [3.8, 4) is 11.5 Å². The van der Waals surface area contributed by atoms with Gasteiger partial charge >= 0.3 is 5.97 Å². The summed E-state index contributed by atoms with van der Waals surface area (Å²) in [5.74, 6) is 0.190. The quantitative estimate of drug-likeness (QED) is 0.279. The third-order valence-corrected chi connectivity index (χ3v) is 6.24. The van der Waals surface area contributed by atoms with Gasteiger partial charge in [0, 0.05) is 11.3 Å². The largest absolute Gasteiger partial charge is 0.462 e. The van der Waals surface area contributed by atoms with E-state index in [-0.39, 0.29) is 24.4 Å². The summed E-state index contributed by atoms with van der Waals surface area (Å²) in [5, 5.41) is 13.7. The highest BCUT2D eigenvalue weighted by Gasteiger charge is 2.17.